The standard InChI is InChI=1S/C8H14F3N3O2/c1-7(2,3)16-6(15)14-5(12)13-4-8(9,10)11/h4H2,1-3H3,(H3,12,13,14,15). The van der Waals surface area contributed by atoms with E-state index in [-0.39, 0.29) is 0 Å². The number of guanidine groups is 1. The van der Waals surface area contributed by atoms with Crippen molar-refractivity contribution < 1.29 is 22.7 Å². The first-order chi connectivity index (χ1) is 6.99. The van der Waals surface area contributed by atoms with Crippen LogP contribution in [0.3, 0.4) is 0 Å². The number of halogens is 3. The maximum absolute atomic E-state index is 11.7. The quantitative estimate of drug-likeness (QED) is 0.538. The van der Waals surface area contributed by atoms with Crippen molar-refractivity contribution in [2.24, 2.45) is 10.7 Å². The number of nitrogens with two attached hydrogens (primary N) is 1. The van der Waals surface area contributed by atoms with E-state index < -0.39 is 30.4 Å². The van der Waals surface area contributed by atoms with Crippen LogP contribution in [-0.4, -0.2) is 30.4 Å². The summed E-state index contributed by atoms with van der Waals surface area (Å²) in [6, 6.07) is 0. The van der Waals surface area contributed by atoms with Gasteiger partial charge in [0, 0.05) is 0 Å². The molecule has 0 spiro atoms. The maximum atomic E-state index is 11.7. The summed E-state index contributed by atoms with van der Waals surface area (Å²) < 4.78 is 39.9. The Morgan fingerprint density at radius 3 is 2.25 bits per heavy atom. The van der Waals surface area contributed by atoms with Gasteiger partial charge in [0.05, 0.1) is 0 Å². The molecule has 94 valence electrons. The molecule has 0 atom stereocenters. The van der Waals surface area contributed by atoms with Crippen molar-refractivity contribution in [3.63, 3.8) is 0 Å². The predicted molar refractivity (Wildman–Crippen MR) is 51.9 cm³/mol. The molecule has 0 aliphatic heterocycles. The molecule has 0 saturated carbocycles. The lowest BCUT2D eigenvalue weighted by atomic mass is 10.2. The highest BCUT2D eigenvalue weighted by Gasteiger charge is 2.26. The summed E-state index contributed by atoms with van der Waals surface area (Å²) >= 11 is 0. The lowest BCUT2D eigenvalue weighted by Crippen LogP contribution is -2.41. The summed E-state index contributed by atoms with van der Waals surface area (Å²) in [4.78, 5) is 13.9. The Morgan fingerprint density at radius 1 is 1.38 bits per heavy atom. The molecule has 8 heteroatoms. The number of alkyl carbamates (subject to hydrolysis) is 1. The van der Waals surface area contributed by atoms with E-state index in [1.54, 1.807) is 20.8 Å². The summed E-state index contributed by atoms with van der Waals surface area (Å²) in [5.74, 6) is -0.633. The van der Waals surface area contributed by atoms with E-state index in [0.717, 1.165) is 0 Å². The third kappa shape index (κ3) is 9.10. The fraction of sp³-hybridized carbons (Fsp3) is 0.750. The smallest absolute Gasteiger partial charge is 0.414 e. The molecule has 0 aromatic heterocycles. The Balaban J connectivity index is 4.15. The number of amides is 1. The van der Waals surface area contributed by atoms with Crippen molar-refractivity contribution in [2.45, 2.75) is 32.5 Å². The van der Waals surface area contributed by atoms with Crippen molar-refractivity contribution >= 4 is 12.1 Å². The van der Waals surface area contributed by atoms with Crippen molar-refractivity contribution in [2.75, 3.05) is 6.54 Å². The topological polar surface area (TPSA) is 76.7 Å². The third-order valence-corrected chi connectivity index (χ3v) is 1.06. The molecule has 0 saturated heterocycles. The number of alkyl halides is 3. The lowest BCUT2D eigenvalue weighted by molar-refractivity contribution is -0.118. The highest BCUT2D eigenvalue weighted by molar-refractivity contribution is 5.92. The number of carbonyl (C=O) groups excluding carboxylic acids is 1. The SMILES string of the molecule is CC(C)(C)OC(=O)NC(N)=NCC(F)(F)F. The molecule has 0 aromatic rings. The second-order valence-corrected chi connectivity index (χ2v) is 3.94. The Kier molecular flexibility index (Phi) is 4.58. The summed E-state index contributed by atoms with van der Waals surface area (Å²) in [6.07, 6.45) is -5.41. The van der Waals surface area contributed by atoms with Crippen molar-refractivity contribution in [3.05, 3.63) is 0 Å². The molecule has 0 bridgehead atoms. The minimum atomic E-state index is -4.46. The van der Waals surface area contributed by atoms with Crippen LogP contribution in [0, 0.1) is 0 Å². The van der Waals surface area contributed by atoms with Gasteiger partial charge >= 0.3 is 12.3 Å². The number of aliphatic imine (C=N–C) groups is 1. The minimum absolute atomic E-state index is 0.633. The Hall–Kier alpha value is -1.47. The first-order valence-electron chi connectivity index (χ1n) is 4.36. The average Bonchev–Trinajstić information content (AvgIpc) is 1.95. The monoisotopic (exact) mass is 241 g/mol. The van der Waals surface area contributed by atoms with Gasteiger partial charge in [0.2, 0.25) is 0 Å². The molecule has 3 N–H and O–H groups in total. The van der Waals surface area contributed by atoms with Gasteiger partial charge < -0.3 is 10.5 Å². The van der Waals surface area contributed by atoms with Gasteiger partial charge in [-0.2, -0.15) is 13.2 Å². The zero-order chi connectivity index (χ0) is 13.0. The van der Waals surface area contributed by atoms with Gasteiger partial charge in [0.15, 0.2) is 5.96 Å². The summed E-state index contributed by atoms with van der Waals surface area (Å²) in [6.45, 7) is 3.37. The second-order valence-electron chi connectivity index (χ2n) is 3.94. The number of nitrogens with zero attached hydrogens (tertiary/aromatic N) is 1. The maximum Gasteiger partial charge on any atom is 0.414 e. The van der Waals surface area contributed by atoms with Crippen LogP contribution in [0.4, 0.5) is 18.0 Å². The van der Waals surface area contributed by atoms with Crippen LogP contribution >= 0.6 is 0 Å². The van der Waals surface area contributed by atoms with Gasteiger partial charge in [-0.3, -0.25) is 5.32 Å². The van der Waals surface area contributed by atoms with Crippen molar-refractivity contribution in [1.29, 1.82) is 0 Å². The molecule has 1 amide bonds. The molecule has 0 fully saturated rings. The lowest BCUT2D eigenvalue weighted by Gasteiger charge is -2.19. The molecule has 5 nitrogen and oxygen atoms in total. The van der Waals surface area contributed by atoms with Gasteiger partial charge in [-0.05, 0) is 20.8 Å². The number of nitrogens with one attached hydrogen (secondary N) is 1. The Morgan fingerprint density at radius 2 is 1.88 bits per heavy atom. The van der Waals surface area contributed by atoms with Crippen LogP contribution in [0.2, 0.25) is 0 Å². The van der Waals surface area contributed by atoms with E-state index in [1.165, 1.54) is 0 Å². The summed E-state index contributed by atoms with van der Waals surface area (Å²) in [5, 5.41) is 1.88. The van der Waals surface area contributed by atoms with E-state index in [4.69, 9.17) is 10.5 Å². The molecular weight excluding hydrogens is 227 g/mol. The molecule has 0 aliphatic rings. The fourth-order valence-corrected chi connectivity index (χ4v) is 0.623. The molecule has 0 unspecified atom stereocenters. The van der Waals surface area contributed by atoms with Gasteiger partial charge in [0.25, 0.3) is 0 Å². The highest BCUT2D eigenvalue weighted by Crippen LogP contribution is 2.14. The van der Waals surface area contributed by atoms with Crippen LogP contribution in [0.5, 0.6) is 0 Å². The van der Waals surface area contributed by atoms with Crippen LogP contribution in [0.15, 0.2) is 4.99 Å². The van der Waals surface area contributed by atoms with Gasteiger partial charge in [-0.1, -0.05) is 0 Å². The third-order valence-electron chi connectivity index (χ3n) is 1.06. The van der Waals surface area contributed by atoms with Crippen LogP contribution < -0.4 is 11.1 Å². The molecular formula is C8H14F3N3O2. The minimum Gasteiger partial charge on any atom is -0.444 e. The predicted octanol–water partition coefficient (Wildman–Crippen LogP) is 1.39. The van der Waals surface area contributed by atoms with E-state index in [9.17, 15) is 18.0 Å². The average molecular weight is 241 g/mol. The molecule has 0 aromatic carbocycles. The number of carbonyl (C=O) groups is 1. The van der Waals surface area contributed by atoms with Crippen molar-refractivity contribution in [1.82, 2.24) is 5.32 Å². The van der Waals surface area contributed by atoms with Crippen LogP contribution in [0.25, 0.3) is 0 Å². The molecule has 0 heterocycles. The van der Waals surface area contributed by atoms with Crippen molar-refractivity contribution in [3.8, 4) is 0 Å². The zero-order valence-corrected chi connectivity index (χ0v) is 9.18. The molecule has 16 heavy (non-hydrogen) atoms. The Labute approximate surface area is 90.9 Å². The fourth-order valence-electron chi connectivity index (χ4n) is 0.623. The summed E-state index contributed by atoms with van der Waals surface area (Å²) in [5.41, 5.74) is 4.28. The van der Waals surface area contributed by atoms with Gasteiger partial charge in [-0.15, -0.1) is 0 Å². The number of ether oxygens (including phenoxy) is 1. The zero-order valence-electron chi connectivity index (χ0n) is 9.18. The molecule has 0 radical (unpaired) electrons. The van der Waals surface area contributed by atoms with Gasteiger partial charge in [-0.25, -0.2) is 9.79 Å². The summed E-state index contributed by atoms with van der Waals surface area (Å²) in [7, 11) is 0. The van der Waals surface area contributed by atoms with E-state index in [1.807, 2.05) is 5.32 Å². The first kappa shape index (κ1) is 14.5. The van der Waals surface area contributed by atoms with Crippen LogP contribution in [-0.2, 0) is 4.74 Å². The molecule has 0 rings (SSSR count). The Bertz CT molecular complexity index is 281. The molecule has 0 aliphatic carbocycles. The van der Waals surface area contributed by atoms with Crippen LogP contribution in [0.1, 0.15) is 20.8 Å². The first-order valence-corrected chi connectivity index (χ1v) is 4.36. The second kappa shape index (κ2) is 5.04. The number of rotatable bonds is 1. The largest absolute Gasteiger partial charge is 0.444 e. The van der Waals surface area contributed by atoms with Gasteiger partial charge in [0.1, 0.15) is 12.1 Å². The van der Waals surface area contributed by atoms with E-state index in [2.05, 4.69) is 4.99 Å². The number of hydrogen-bond acceptors (Lipinski definition) is 3. The van der Waals surface area contributed by atoms with E-state index >= 15 is 0 Å². The highest BCUT2D eigenvalue weighted by atomic mass is 19.4. The van der Waals surface area contributed by atoms with E-state index in [0.29, 0.717) is 0 Å². The normalized spacial score (nSPS) is 13.5. The number of hydrogen-bond donors (Lipinski definition) is 2.